The standard InChI is InChI=1S/C30H32F2/c1-3-5-6-22-8-11-24(29(31)18-22)12-9-23-10-16-28(30(32)19-23)27-15-14-25-17-21(4-2)7-13-26(25)20-27/h3-4,8,10-11,16,18-19,21,25-27H,1-2,5-7,13-15,17,20H2. The summed E-state index contributed by atoms with van der Waals surface area (Å²) in [5.41, 5.74) is 2.67. The van der Waals surface area contributed by atoms with E-state index in [1.54, 1.807) is 6.07 Å². The number of benzene rings is 2. The lowest BCUT2D eigenvalue weighted by molar-refractivity contribution is 0.132. The molecular weight excluding hydrogens is 398 g/mol. The Hall–Kier alpha value is -2.66. The number of allylic oxidation sites excluding steroid dienone is 2. The molecule has 0 aliphatic heterocycles. The number of hydrogen-bond donors (Lipinski definition) is 0. The van der Waals surface area contributed by atoms with E-state index in [0.29, 0.717) is 28.9 Å². The van der Waals surface area contributed by atoms with Gasteiger partial charge in [0.1, 0.15) is 11.6 Å². The van der Waals surface area contributed by atoms with Crippen LogP contribution in [0.1, 0.15) is 73.1 Å². The highest BCUT2D eigenvalue weighted by atomic mass is 19.1. The Morgan fingerprint density at radius 1 is 0.875 bits per heavy atom. The Labute approximate surface area is 191 Å². The summed E-state index contributed by atoms with van der Waals surface area (Å²) < 4.78 is 29.3. The van der Waals surface area contributed by atoms with Gasteiger partial charge < -0.3 is 0 Å². The van der Waals surface area contributed by atoms with Crippen LogP contribution in [-0.2, 0) is 6.42 Å². The van der Waals surface area contributed by atoms with Crippen LogP contribution in [0.15, 0.2) is 61.7 Å². The maximum Gasteiger partial charge on any atom is 0.139 e. The van der Waals surface area contributed by atoms with Gasteiger partial charge in [-0.1, -0.05) is 36.1 Å². The van der Waals surface area contributed by atoms with Crippen molar-refractivity contribution in [3.63, 3.8) is 0 Å². The van der Waals surface area contributed by atoms with Gasteiger partial charge in [-0.3, -0.25) is 0 Å². The fourth-order valence-electron chi connectivity index (χ4n) is 5.58. The summed E-state index contributed by atoms with van der Waals surface area (Å²) in [6.45, 7) is 7.67. The number of fused-ring (bicyclic) bond motifs is 1. The zero-order valence-corrected chi connectivity index (χ0v) is 18.8. The van der Waals surface area contributed by atoms with Crippen LogP contribution in [-0.4, -0.2) is 0 Å². The van der Waals surface area contributed by atoms with Gasteiger partial charge in [0.2, 0.25) is 0 Å². The Morgan fingerprint density at radius 3 is 2.44 bits per heavy atom. The minimum Gasteiger partial charge on any atom is -0.207 e. The van der Waals surface area contributed by atoms with Gasteiger partial charge in [-0.15, -0.1) is 13.2 Å². The highest BCUT2D eigenvalue weighted by Gasteiger charge is 2.35. The second-order valence-corrected chi connectivity index (χ2v) is 9.47. The molecule has 166 valence electrons. The van der Waals surface area contributed by atoms with Crippen molar-refractivity contribution >= 4 is 0 Å². The second kappa shape index (κ2) is 10.3. The number of rotatable bonds is 5. The molecule has 0 radical (unpaired) electrons. The molecule has 0 aromatic heterocycles. The Balaban J connectivity index is 1.44. The molecule has 4 rings (SSSR count). The van der Waals surface area contributed by atoms with Crippen LogP contribution < -0.4 is 0 Å². The first-order valence-electron chi connectivity index (χ1n) is 11.9. The van der Waals surface area contributed by atoms with E-state index in [9.17, 15) is 8.78 Å². The molecule has 2 aromatic carbocycles. The van der Waals surface area contributed by atoms with Gasteiger partial charge in [0.25, 0.3) is 0 Å². The Bertz CT molecular complexity index is 1040. The lowest BCUT2D eigenvalue weighted by atomic mass is 9.64. The topological polar surface area (TPSA) is 0 Å². The van der Waals surface area contributed by atoms with Gasteiger partial charge in [0.05, 0.1) is 5.56 Å². The third-order valence-electron chi connectivity index (χ3n) is 7.44. The molecule has 2 saturated carbocycles. The van der Waals surface area contributed by atoms with Crippen LogP contribution in [0.3, 0.4) is 0 Å². The molecule has 0 nitrogen and oxygen atoms in total. The number of hydrogen-bond acceptors (Lipinski definition) is 0. The molecule has 2 aliphatic carbocycles. The van der Waals surface area contributed by atoms with Crippen LogP contribution >= 0.6 is 0 Å². The van der Waals surface area contributed by atoms with Gasteiger partial charge in [0.15, 0.2) is 0 Å². The van der Waals surface area contributed by atoms with Crippen LogP contribution in [0.25, 0.3) is 0 Å². The highest BCUT2D eigenvalue weighted by molar-refractivity contribution is 5.45. The van der Waals surface area contributed by atoms with E-state index in [1.165, 1.54) is 37.8 Å². The molecule has 4 atom stereocenters. The molecule has 0 saturated heterocycles. The SMILES string of the molecule is C=CCCc1ccc(C#Cc2ccc(C3CCC4CC(C=C)CCC4C3)c(F)c2)c(F)c1. The lowest BCUT2D eigenvalue weighted by Gasteiger charge is -2.41. The van der Waals surface area contributed by atoms with Crippen LogP contribution in [0, 0.1) is 41.2 Å². The van der Waals surface area contributed by atoms with Crippen molar-refractivity contribution in [1.29, 1.82) is 0 Å². The molecule has 2 fully saturated rings. The van der Waals surface area contributed by atoms with Crippen LogP contribution in [0.4, 0.5) is 8.78 Å². The van der Waals surface area contributed by atoms with E-state index < -0.39 is 0 Å². The van der Waals surface area contributed by atoms with Gasteiger partial charge in [-0.05, 0) is 110 Å². The maximum atomic E-state index is 15.0. The van der Waals surface area contributed by atoms with Crippen molar-refractivity contribution in [3.05, 3.63) is 95.6 Å². The van der Waals surface area contributed by atoms with E-state index in [2.05, 4.69) is 31.1 Å². The summed E-state index contributed by atoms with van der Waals surface area (Å²) in [7, 11) is 0. The third-order valence-corrected chi connectivity index (χ3v) is 7.44. The Kier molecular flexibility index (Phi) is 7.26. The first-order chi connectivity index (χ1) is 15.6. The predicted octanol–water partition coefficient (Wildman–Crippen LogP) is 7.97. The molecular formula is C30H32F2. The molecule has 0 spiro atoms. The number of halogens is 2. The smallest absolute Gasteiger partial charge is 0.139 e. The number of aryl methyl sites for hydroxylation is 1. The summed E-state index contributed by atoms with van der Waals surface area (Å²) in [6.07, 6.45) is 12.5. The van der Waals surface area contributed by atoms with Gasteiger partial charge >= 0.3 is 0 Å². The monoisotopic (exact) mass is 430 g/mol. The fraction of sp³-hybridized carbons (Fsp3) is 0.400. The highest BCUT2D eigenvalue weighted by Crippen LogP contribution is 2.48. The molecule has 0 amide bonds. The molecule has 0 bridgehead atoms. The molecule has 2 aliphatic rings. The quantitative estimate of drug-likeness (QED) is 0.333. The van der Waals surface area contributed by atoms with Crippen LogP contribution in [0.2, 0.25) is 0 Å². The van der Waals surface area contributed by atoms with Crippen molar-refractivity contribution in [2.45, 2.75) is 57.3 Å². The van der Waals surface area contributed by atoms with Crippen molar-refractivity contribution in [1.82, 2.24) is 0 Å². The van der Waals surface area contributed by atoms with Gasteiger partial charge in [-0.2, -0.15) is 0 Å². The minimum atomic E-state index is -0.334. The molecule has 4 unspecified atom stereocenters. The molecule has 0 heterocycles. The summed E-state index contributed by atoms with van der Waals surface area (Å²) in [4.78, 5) is 0. The first-order valence-corrected chi connectivity index (χ1v) is 11.9. The average molecular weight is 431 g/mol. The summed E-state index contributed by atoms with van der Waals surface area (Å²) in [6, 6.07) is 10.4. The van der Waals surface area contributed by atoms with E-state index in [4.69, 9.17) is 0 Å². The van der Waals surface area contributed by atoms with Gasteiger partial charge in [0, 0.05) is 5.56 Å². The zero-order chi connectivity index (χ0) is 22.5. The van der Waals surface area contributed by atoms with Crippen molar-refractivity contribution in [3.8, 4) is 11.8 Å². The summed E-state index contributed by atoms with van der Waals surface area (Å²) in [5.74, 6) is 7.72. The fourth-order valence-corrected chi connectivity index (χ4v) is 5.58. The normalized spacial score (nSPS) is 24.7. The molecule has 2 heteroatoms. The average Bonchev–Trinajstić information content (AvgIpc) is 2.81. The predicted molar refractivity (Wildman–Crippen MR) is 128 cm³/mol. The van der Waals surface area contributed by atoms with E-state index in [1.807, 2.05) is 24.3 Å². The molecule has 2 aromatic rings. The third kappa shape index (κ3) is 5.21. The summed E-state index contributed by atoms with van der Waals surface area (Å²) in [5, 5.41) is 0. The summed E-state index contributed by atoms with van der Waals surface area (Å²) >= 11 is 0. The molecule has 0 N–H and O–H groups in total. The largest absolute Gasteiger partial charge is 0.207 e. The van der Waals surface area contributed by atoms with Crippen molar-refractivity contribution < 1.29 is 8.78 Å². The first kappa shape index (κ1) is 22.5. The maximum absolute atomic E-state index is 15.0. The lowest BCUT2D eigenvalue weighted by Crippen LogP contribution is -2.30. The van der Waals surface area contributed by atoms with Crippen molar-refractivity contribution in [2.75, 3.05) is 0 Å². The van der Waals surface area contributed by atoms with E-state index in [0.717, 1.165) is 42.7 Å². The minimum absolute atomic E-state index is 0.180. The zero-order valence-electron chi connectivity index (χ0n) is 18.8. The second-order valence-electron chi connectivity index (χ2n) is 9.47. The van der Waals surface area contributed by atoms with Crippen LogP contribution in [0.5, 0.6) is 0 Å². The van der Waals surface area contributed by atoms with Crippen molar-refractivity contribution in [2.24, 2.45) is 17.8 Å². The van der Waals surface area contributed by atoms with Gasteiger partial charge in [-0.25, -0.2) is 8.78 Å². The van der Waals surface area contributed by atoms with E-state index in [-0.39, 0.29) is 11.6 Å². The molecule has 32 heavy (non-hydrogen) atoms. The Morgan fingerprint density at radius 2 is 1.69 bits per heavy atom. The van der Waals surface area contributed by atoms with E-state index >= 15 is 0 Å².